The molecule has 0 radical (unpaired) electrons. The highest BCUT2D eigenvalue weighted by atomic mass is 28.4. The second-order valence-corrected chi connectivity index (χ2v) is 30.3. The lowest BCUT2D eigenvalue weighted by molar-refractivity contribution is -0.0134. The SMILES string of the molecule is BCC(C)(O[Si](C)(C)C(CC)(CC)C(C)(CC)O[SiH](C)C(CC)(CC)O[Si](C)(C)C)[Si](C)(C)C. The largest absolute Gasteiger partial charge is 0.415 e. The van der Waals surface area contributed by atoms with Gasteiger partial charge in [0.2, 0.25) is 9.04 Å². The van der Waals surface area contributed by atoms with Gasteiger partial charge in [-0.25, -0.2) is 0 Å². The summed E-state index contributed by atoms with van der Waals surface area (Å²) in [5.74, 6) is 0. The summed E-state index contributed by atoms with van der Waals surface area (Å²) in [7, 11) is -4.81. The Morgan fingerprint density at radius 2 is 1.15 bits per heavy atom. The zero-order valence-electron chi connectivity index (χ0n) is 26.5. The molecule has 3 atom stereocenters. The molecular weight excluding hydrogens is 483 g/mol. The van der Waals surface area contributed by atoms with E-state index in [0.29, 0.717) is 0 Å². The predicted molar refractivity (Wildman–Crippen MR) is 167 cm³/mol. The molecule has 0 fully saturated rings. The third-order valence-corrected chi connectivity index (χ3v) is 22.6. The lowest BCUT2D eigenvalue weighted by Gasteiger charge is -2.60. The number of hydrogen-bond acceptors (Lipinski definition) is 3. The molecule has 204 valence electrons. The Hall–Kier alpha value is 0.812. The van der Waals surface area contributed by atoms with Gasteiger partial charge >= 0.3 is 0 Å². The zero-order valence-corrected chi connectivity index (χ0v) is 30.7. The molecule has 0 saturated heterocycles. The molecule has 0 aromatic carbocycles. The summed E-state index contributed by atoms with van der Waals surface area (Å²) in [5.41, 5.74) is -0.218. The van der Waals surface area contributed by atoms with E-state index in [4.69, 9.17) is 13.3 Å². The second-order valence-electron chi connectivity index (χ2n) is 13.6. The Morgan fingerprint density at radius 3 is 1.41 bits per heavy atom. The van der Waals surface area contributed by atoms with Crippen LogP contribution >= 0.6 is 0 Å². The second kappa shape index (κ2) is 12.1. The van der Waals surface area contributed by atoms with Crippen LogP contribution in [0.2, 0.25) is 70.3 Å². The van der Waals surface area contributed by atoms with Gasteiger partial charge in [-0.3, -0.25) is 0 Å². The fourth-order valence-corrected chi connectivity index (χ4v) is 20.2. The van der Waals surface area contributed by atoms with Crippen molar-refractivity contribution in [3.8, 4) is 0 Å². The third-order valence-electron chi connectivity index (χ3n) is 9.67. The van der Waals surface area contributed by atoms with Crippen molar-refractivity contribution >= 4 is 41.6 Å². The van der Waals surface area contributed by atoms with Crippen LogP contribution in [-0.2, 0) is 13.3 Å². The van der Waals surface area contributed by atoms with Crippen LogP contribution in [0.25, 0.3) is 0 Å². The van der Waals surface area contributed by atoms with Crippen LogP contribution in [0.4, 0.5) is 0 Å². The van der Waals surface area contributed by atoms with Crippen molar-refractivity contribution in [2.45, 2.75) is 167 Å². The lowest BCUT2D eigenvalue weighted by atomic mass is 9.81. The van der Waals surface area contributed by atoms with Crippen LogP contribution in [0.1, 0.15) is 80.6 Å². The predicted octanol–water partition coefficient (Wildman–Crippen LogP) is 7.94. The van der Waals surface area contributed by atoms with Crippen molar-refractivity contribution in [2.75, 3.05) is 0 Å². The molecule has 0 spiro atoms. The molecular formula is C26H63BO3Si4. The number of hydrogen-bond donors (Lipinski definition) is 0. The van der Waals surface area contributed by atoms with Gasteiger partial charge in [0, 0.05) is 10.3 Å². The summed E-state index contributed by atoms with van der Waals surface area (Å²) >= 11 is 0. The van der Waals surface area contributed by atoms with E-state index < -0.39 is 33.7 Å². The van der Waals surface area contributed by atoms with Gasteiger partial charge in [-0.2, -0.15) is 0 Å². The maximum absolute atomic E-state index is 7.45. The van der Waals surface area contributed by atoms with Gasteiger partial charge in [-0.15, -0.1) is 0 Å². The lowest BCUT2D eigenvalue weighted by Crippen LogP contribution is -2.66. The first-order valence-electron chi connectivity index (χ1n) is 14.2. The van der Waals surface area contributed by atoms with E-state index in [1.807, 2.05) is 0 Å². The van der Waals surface area contributed by atoms with Crippen LogP contribution in [0.15, 0.2) is 0 Å². The first kappa shape index (κ1) is 34.8. The summed E-state index contributed by atoms with van der Waals surface area (Å²) < 4.78 is 21.8. The van der Waals surface area contributed by atoms with Crippen LogP contribution < -0.4 is 0 Å². The van der Waals surface area contributed by atoms with E-state index in [0.717, 1.165) is 38.4 Å². The fourth-order valence-electron chi connectivity index (χ4n) is 6.60. The molecule has 0 aliphatic heterocycles. The van der Waals surface area contributed by atoms with Gasteiger partial charge in [0.15, 0.2) is 16.6 Å². The monoisotopic (exact) mass is 546 g/mol. The van der Waals surface area contributed by atoms with Gasteiger partial charge in [0.1, 0.15) is 7.85 Å². The third kappa shape index (κ3) is 7.01. The van der Waals surface area contributed by atoms with Gasteiger partial charge in [-0.05, 0) is 85.2 Å². The van der Waals surface area contributed by atoms with Gasteiger partial charge in [0.05, 0.1) is 18.9 Å². The molecule has 0 N–H and O–H groups in total. The molecule has 3 nitrogen and oxygen atoms in total. The summed E-state index contributed by atoms with van der Waals surface area (Å²) in [6, 6.07) is 0. The van der Waals surface area contributed by atoms with Crippen molar-refractivity contribution < 1.29 is 13.3 Å². The Kier molecular flexibility index (Phi) is 12.4. The summed E-state index contributed by atoms with van der Waals surface area (Å²) in [6.07, 6.45) is 6.36. The molecule has 0 rings (SSSR count). The van der Waals surface area contributed by atoms with E-state index in [1.54, 1.807) is 0 Å². The van der Waals surface area contributed by atoms with Crippen molar-refractivity contribution in [2.24, 2.45) is 0 Å². The molecule has 0 aliphatic rings. The average Bonchev–Trinajstić information content (AvgIpc) is 2.70. The topological polar surface area (TPSA) is 27.7 Å². The molecule has 0 aromatic heterocycles. The molecule has 0 amide bonds. The Labute approximate surface area is 221 Å². The normalized spacial score (nSPS) is 18.9. The smallest absolute Gasteiger partial charge is 0.205 e. The van der Waals surface area contributed by atoms with Crippen molar-refractivity contribution in [3.05, 3.63) is 0 Å². The highest BCUT2D eigenvalue weighted by molar-refractivity contribution is 6.82. The van der Waals surface area contributed by atoms with Crippen LogP contribution in [-0.4, -0.2) is 57.6 Å². The van der Waals surface area contributed by atoms with E-state index >= 15 is 0 Å². The fraction of sp³-hybridized carbons (Fsp3) is 1.00. The molecule has 3 unspecified atom stereocenters. The number of rotatable bonds is 16. The van der Waals surface area contributed by atoms with Crippen LogP contribution in [0.5, 0.6) is 0 Å². The van der Waals surface area contributed by atoms with Gasteiger partial charge < -0.3 is 13.3 Å². The Bertz CT molecular complexity index is 625. The van der Waals surface area contributed by atoms with E-state index in [1.165, 1.54) is 0 Å². The molecule has 0 heterocycles. The molecule has 0 saturated carbocycles. The maximum atomic E-state index is 7.45. The first-order valence-corrected chi connectivity index (χ1v) is 26.3. The standard InChI is InChI=1S/C26H63BO3Si4/c1-17-23(6,28-31(8)26(20-4,21-5)30-33(12,13)14)25(18-2,19-3)34(15,16)29-24(7,22-27)32(9,10)11/h31H,17-22,27H2,1-16H3. The van der Waals surface area contributed by atoms with E-state index in [2.05, 4.69) is 115 Å². The highest BCUT2D eigenvalue weighted by Crippen LogP contribution is 2.58. The molecule has 0 aliphatic carbocycles. The minimum Gasteiger partial charge on any atom is -0.415 e. The van der Waals surface area contributed by atoms with Gasteiger partial charge in [-0.1, -0.05) is 60.6 Å². The molecule has 34 heavy (non-hydrogen) atoms. The minimum atomic E-state index is -2.20. The van der Waals surface area contributed by atoms with Gasteiger partial charge in [0.25, 0.3) is 0 Å². The Balaban J connectivity index is 6.62. The first-order chi connectivity index (χ1) is 15.2. The zero-order chi connectivity index (χ0) is 27.4. The Morgan fingerprint density at radius 1 is 0.706 bits per heavy atom. The molecule has 0 aromatic rings. The van der Waals surface area contributed by atoms with E-state index in [9.17, 15) is 0 Å². The minimum absolute atomic E-state index is 0.0203. The maximum Gasteiger partial charge on any atom is 0.205 e. The average molecular weight is 547 g/mol. The quantitative estimate of drug-likeness (QED) is 0.184. The van der Waals surface area contributed by atoms with Crippen LogP contribution in [0.3, 0.4) is 0 Å². The summed E-state index contributed by atoms with van der Waals surface area (Å²) in [6.45, 7) is 38.3. The van der Waals surface area contributed by atoms with Crippen molar-refractivity contribution in [3.63, 3.8) is 0 Å². The van der Waals surface area contributed by atoms with Crippen molar-refractivity contribution in [1.29, 1.82) is 0 Å². The van der Waals surface area contributed by atoms with E-state index in [-0.39, 0.29) is 21.1 Å². The molecule has 8 heteroatoms. The summed E-state index contributed by atoms with van der Waals surface area (Å²) in [5, 5.41) is -0.0804. The highest BCUT2D eigenvalue weighted by Gasteiger charge is 2.61. The molecule has 0 bridgehead atoms. The van der Waals surface area contributed by atoms with Crippen LogP contribution in [0, 0.1) is 0 Å². The summed E-state index contributed by atoms with van der Waals surface area (Å²) in [4.78, 5) is 0. The van der Waals surface area contributed by atoms with Crippen molar-refractivity contribution in [1.82, 2.24) is 0 Å².